The monoisotopic (exact) mass is 456 g/mol. The second-order valence-electron chi connectivity index (χ2n) is 12.3. The number of hydrogen-bond donors (Lipinski definition) is 4. The molecule has 4 fully saturated rings. The molecule has 5 rings (SSSR count). The van der Waals surface area contributed by atoms with Crippen molar-refractivity contribution in [2.75, 3.05) is 13.1 Å². The van der Waals surface area contributed by atoms with Crippen LogP contribution in [0.3, 0.4) is 0 Å². The Kier molecular flexibility index (Phi) is 6.14. The van der Waals surface area contributed by atoms with E-state index in [-0.39, 0.29) is 16.9 Å². The number of hydrazone groups is 1. The molecule has 0 aromatic carbocycles. The van der Waals surface area contributed by atoms with Gasteiger partial charge in [-0.25, -0.2) is 5.43 Å². The highest BCUT2D eigenvalue weighted by Crippen LogP contribution is 2.68. The van der Waals surface area contributed by atoms with Crippen LogP contribution in [0.25, 0.3) is 0 Å². The van der Waals surface area contributed by atoms with E-state index in [0.717, 1.165) is 69.6 Å². The van der Waals surface area contributed by atoms with Crippen LogP contribution < -0.4 is 10.7 Å². The zero-order valence-corrected chi connectivity index (χ0v) is 20.8. The molecule has 0 amide bonds. The number of hydrogen-bond acceptors (Lipinski definition) is 6. The second-order valence-corrected chi connectivity index (χ2v) is 12.3. The highest BCUT2D eigenvalue weighted by molar-refractivity contribution is 5.83. The lowest BCUT2D eigenvalue weighted by molar-refractivity contribution is -0.211. The van der Waals surface area contributed by atoms with Crippen LogP contribution in [0.2, 0.25) is 0 Å². The Morgan fingerprint density at radius 3 is 2.76 bits per heavy atom. The first-order chi connectivity index (χ1) is 15.8. The SMILES string of the molecule is CC(/C=N/NC1=NCCCN1)=C\C1C[C@H](O)C[C@H]2CC[C@@H]3[C@H](CC[C@]4(C)CCC[C@]34O)[C@@]12C. The molecule has 0 bridgehead atoms. The molecule has 6 nitrogen and oxygen atoms in total. The van der Waals surface area contributed by atoms with Crippen LogP contribution in [-0.2, 0) is 0 Å². The van der Waals surface area contributed by atoms with E-state index in [0.29, 0.717) is 23.7 Å². The van der Waals surface area contributed by atoms with Crippen molar-refractivity contribution in [1.82, 2.24) is 10.7 Å². The Labute approximate surface area is 199 Å². The summed E-state index contributed by atoms with van der Waals surface area (Å²) in [5.41, 5.74) is 3.88. The molecule has 0 radical (unpaired) electrons. The maximum absolute atomic E-state index is 12.0. The average molecular weight is 457 g/mol. The van der Waals surface area contributed by atoms with Gasteiger partial charge in [-0.1, -0.05) is 19.9 Å². The van der Waals surface area contributed by atoms with Gasteiger partial charge in [0.2, 0.25) is 5.96 Å². The molecule has 0 spiro atoms. The Morgan fingerprint density at radius 1 is 1.12 bits per heavy atom. The minimum Gasteiger partial charge on any atom is -0.393 e. The second kappa shape index (κ2) is 8.67. The quantitative estimate of drug-likeness (QED) is 0.382. The molecule has 4 saturated carbocycles. The Hall–Kier alpha value is -1.40. The van der Waals surface area contributed by atoms with E-state index in [2.05, 4.69) is 47.7 Å². The number of aliphatic hydroxyl groups excluding tert-OH is 1. The summed E-state index contributed by atoms with van der Waals surface area (Å²) in [6, 6.07) is 0. The molecule has 0 aromatic heterocycles. The van der Waals surface area contributed by atoms with Gasteiger partial charge < -0.3 is 15.5 Å². The number of guanidine groups is 1. The third kappa shape index (κ3) is 3.85. The molecule has 4 aliphatic carbocycles. The van der Waals surface area contributed by atoms with Crippen LogP contribution in [0.15, 0.2) is 21.7 Å². The van der Waals surface area contributed by atoms with Crippen LogP contribution in [0.5, 0.6) is 0 Å². The summed E-state index contributed by atoms with van der Waals surface area (Å²) in [7, 11) is 0. The van der Waals surface area contributed by atoms with E-state index < -0.39 is 5.60 Å². The number of fused-ring (bicyclic) bond motifs is 5. The van der Waals surface area contributed by atoms with Crippen LogP contribution in [0.4, 0.5) is 0 Å². The lowest BCUT2D eigenvalue weighted by Gasteiger charge is -2.64. The molecular weight excluding hydrogens is 412 g/mol. The number of aliphatic imine (C=N–C) groups is 1. The van der Waals surface area contributed by atoms with Crippen molar-refractivity contribution < 1.29 is 10.2 Å². The van der Waals surface area contributed by atoms with E-state index in [9.17, 15) is 10.2 Å². The van der Waals surface area contributed by atoms with Gasteiger partial charge in [0.1, 0.15) is 0 Å². The third-order valence-electron chi connectivity index (χ3n) is 10.6. The lowest BCUT2D eigenvalue weighted by Crippen LogP contribution is -2.62. The standard InChI is InChI=1S/C27H44N4O2/c1-18(17-30-31-24-28-12-5-13-29-24)14-20-16-21(32)15-19-6-7-23-22(26(19,20)3)8-11-25(2)9-4-10-27(23,25)33/h14,17,19-23,32-33H,4-13,15-16H2,1-3H3,(H2,28,29,31)/b18-14+,30-17+/t19-,20?,21-,22+,23-,25+,26-,27+/m1/s1. The van der Waals surface area contributed by atoms with Crippen molar-refractivity contribution in [2.45, 2.75) is 96.7 Å². The molecule has 0 saturated heterocycles. The number of aliphatic hydroxyl groups is 2. The highest BCUT2D eigenvalue weighted by Gasteiger charge is 2.65. The zero-order chi connectivity index (χ0) is 23.3. The third-order valence-corrected chi connectivity index (χ3v) is 10.6. The number of nitrogens with one attached hydrogen (secondary N) is 2. The van der Waals surface area contributed by atoms with E-state index in [1.807, 2.05) is 6.21 Å². The van der Waals surface area contributed by atoms with Crippen molar-refractivity contribution in [2.24, 2.45) is 44.6 Å². The van der Waals surface area contributed by atoms with Gasteiger partial charge in [0, 0.05) is 19.3 Å². The molecule has 33 heavy (non-hydrogen) atoms. The van der Waals surface area contributed by atoms with Gasteiger partial charge in [0.15, 0.2) is 0 Å². The summed E-state index contributed by atoms with van der Waals surface area (Å²) in [6.07, 6.45) is 14.8. The van der Waals surface area contributed by atoms with Gasteiger partial charge in [-0.3, -0.25) is 4.99 Å². The molecule has 5 aliphatic rings. The van der Waals surface area contributed by atoms with E-state index in [1.165, 1.54) is 19.3 Å². The summed E-state index contributed by atoms with van der Waals surface area (Å²) in [6.45, 7) is 8.73. The number of rotatable bonds is 3. The summed E-state index contributed by atoms with van der Waals surface area (Å²) < 4.78 is 0. The maximum atomic E-state index is 12.0. The summed E-state index contributed by atoms with van der Waals surface area (Å²) in [5, 5.41) is 30.4. The lowest BCUT2D eigenvalue weighted by atomic mass is 9.41. The van der Waals surface area contributed by atoms with Crippen molar-refractivity contribution in [3.8, 4) is 0 Å². The zero-order valence-electron chi connectivity index (χ0n) is 20.8. The first kappa shape index (κ1) is 23.3. The molecular formula is C27H44N4O2. The van der Waals surface area contributed by atoms with E-state index in [1.54, 1.807) is 0 Å². The van der Waals surface area contributed by atoms with Gasteiger partial charge in [-0.2, -0.15) is 5.10 Å². The molecule has 4 N–H and O–H groups in total. The van der Waals surface area contributed by atoms with Gasteiger partial charge in [0.25, 0.3) is 0 Å². The van der Waals surface area contributed by atoms with Gasteiger partial charge >= 0.3 is 0 Å². The predicted octanol–water partition coefficient (Wildman–Crippen LogP) is 3.99. The maximum Gasteiger partial charge on any atom is 0.212 e. The first-order valence-corrected chi connectivity index (χ1v) is 13.4. The average Bonchev–Trinajstić information content (AvgIpc) is 3.10. The molecule has 1 heterocycles. The van der Waals surface area contributed by atoms with Crippen molar-refractivity contribution >= 4 is 12.2 Å². The molecule has 8 atom stereocenters. The minimum absolute atomic E-state index is 0.0982. The summed E-state index contributed by atoms with van der Waals surface area (Å²) in [5.74, 6) is 2.52. The van der Waals surface area contributed by atoms with Crippen LogP contribution in [-0.4, -0.2) is 47.2 Å². The van der Waals surface area contributed by atoms with Gasteiger partial charge in [-0.15, -0.1) is 0 Å². The van der Waals surface area contributed by atoms with Crippen LogP contribution >= 0.6 is 0 Å². The largest absolute Gasteiger partial charge is 0.393 e. The molecule has 1 unspecified atom stereocenters. The smallest absolute Gasteiger partial charge is 0.212 e. The minimum atomic E-state index is -0.498. The fourth-order valence-electron chi connectivity index (χ4n) is 8.76. The first-order valence-electron chi connectivity index (χ1n) is 13.4. The fourth-order valence-corrected chi connectivity index (χ4v) is 8.76. The van der Waals surface area contributed by atoms with Crippen LogP contribution in [0, 0.1) is 34.5 Å². The topological polar surface area (TPSA) is 89.2 Å². The number of allylic oxidation sites excluding steroid dienone is 2. The normalized spacial score (nSPS) is 47.8. The number of nitrogens with zero attached hydrogens (tertiary/aromatic N) is 2. The summed E-state index contributed by atoms with van der Waals surface area (Å²) in [4.78, 5) is 4.40. The van der Waals surface area contributed by atoms with Gasteiger partial charge in [-0.05, 0) is 111 Å². The molecule has 6 heteroatoms. The Bertz CT molecular complexity index is 840. The van der Waals surface area contributed by atoms with Crippen molar-refractivity contribution in [3.05, 3.63) is 11.6 Å². The van der Waals surface area contributed by atoms with E-state index >= 15 is 0 Å². The summed E-state index contributed by atoms with van der Waals surface area (Å²) >= 11 is 0. The Balaban J connectivity index is 1.39. The molecule has 1 aliphatic heterocycles. The van der Waals surface area contributed by atoms with Crippen molar-refractivity contribution in [3.63, 3.8) is 0 Å². The fraction of sp³-hybridized carbons (Fsp3) is 0.852. The molecule has 184 valence electrons. The highest BCUT2D eigenvalue weighted by atomic mass is 16.3. The van der Waals surface area contributed by atoms with Crippen molar-refractivity contribution in [1.29, 1.82) is 0 Å². The van der Waals surface area contributed by atoms with Gasteiger partial charge in [0.05, 0.1) is 11.7 Å². The Morgan fingerprint density at radius 2 is 1.97 bits per heavy atom. The van der Waals surface area contributed by atoms with Crippen LogP contribution in [0.1, 0.15) is 85.0 Å². The molecule has 0 aromatic rings. The predicted molar refractivity (Wildman–Crippen MR) is 133 cm³/mol. The van der Waals surface area contributed by atoms with E-state index in [4.69, 9.17) is 0 Å².